The standard InChI is InChI=1S/C13H25NO2/c1-5-6-12(13(15)16-4)14-8-10(2)7-11(3)9-14/h10-12H,5-9H2,1-4H3/t10-,11+,12-/m1/s1. The smallest absolute Gasteiger partial charge is 0.323 e. The molecule has 0 bridgehead atoms. The summed E-state index contributed by atoms with van der Waals surface area (Å²) in [6.45, 7) is 8.72. The first-order chi connectivity index (χ1) is 7.58. The van der Waals surface area contributed by atoms with E-state index in [4.69, 9.17) is 4.74 Å². The Morgan fingerprint density at radius 3 is 2.38 bits per heavy atom. The van der Waals surface area contributed by atoms with E-state index in [1.54, 1.807) is 0 Å². The molecule has 94 valence electrons. The molecule has 3 atom stereocenters. The van der Waals surface area contributed by atoms with E-state index in [1.165, 1.54) is 13.5 Å². The van der Waals surface area contributed by atoms with E-state index in [1.807, 2.05) is 0 Å². The number of hydrogen-bond acceptors (Lipinski definition) is 3. The lowest BCUT2D eigenvalue weighted by Gasteiger charge is -2.38. The second-order valence-corrected chi connectivity index (χ2v) is 5.23. The van der Waals surface area contributed by atoms with Crippen LogP contribution in [0.1, 0.15) is 40.0 Å². The maximum Gasteiger partial charge on any atom is 0.323 e. The molecule has 1 heterocycles. The van der Waals surface area contributed by atoms with E-state index in [0.717, 1.165) is 25.9 Å². The van der Waals surface area contributed by atoms with Crippen LogP contribution in [-0.4, -0.2) is 37.1 Å². The lowest BCUT2D eigenvalue weighted by atomic mass is 9.90. The Hall–Kier alpha value is -0.570. The summed E-state index contributed by atoms with van der Waals surface area (Å²) in [5.74, 6) is 1.31. The lowest BCUT2D eigenvalue weighted by Crippen LogP contribution is -2.48. The van der Waals surface area contributed by atoms with Gasteiger partial charge in [0.25, 0.3) is 0 Å². The van der Waals surface area contributed by atoms with Crippen molar-refractivity contribution in [3.8, 4) is 0 Å². The molecular weight excluding hydrogens is 202 g/mol. The number of carbonyl (C=O) groups is 1. The summed E-state index contributed by atoms with van der Waals surface area (Å²) >= 11 is 0. The van der Waals surface area contributed by atoms with E-state index in [0.29, 0.717) is 11.8 Å². The quantitative estimate of drug-likeness (QED) is 0.690. The maximum absolute atomic E-state index is 11.8. The summed E-state index contributed by atoms with van der Waals surface area (Å²) in [7, 11) is 1.49. The van der Waals surface area contributed by atoms with Crippen LogP contribution >= 0.6 is 0 Å². The molecule has 3 heteroatoms. The Kier molecular flexibility index (Phi) is 5.26. The summed E-state index contributed by atoms with van der Waals surface area (Å²) in [4.78, 5) is 14.1. The highest BCUT2D eigenvalue weighted by atomic mass is 16.5. The Bertz CT molecular complexity index is 220. The molecule has 0 aromatic carbocycles. The summed E-state index contributed by atoms with van der Waals surface area (Å²) in [5, 5.41) is 0. The Morgan fingerprint density at radius 2 is 1.94 bits per heavy atom. The predicted octanol–water partition coefficient (Wildman–Crippen LogP) is 2.31. The second-order valence-electron chi connectivity index (χ2n) is 5.23. The molecule has 1 rings (SSSR count). The van der Waals surface area contributed by atoms with Crippen molar-refractivity contribution in [2.75, 3.05) is 20.2 Å². The highest BCUT2D eigenvalue weighted by molar-refractivity contribution is 5.75. The third-order valence-electron chi connectivity index (χ3n) is 3.37. The highest BCUT2D eigenvalue weighted by Crippen LogP contribution is 2.24. The molecule has 1 fully saturated rings. The number of hydrogen-bond donors (Lipinski definition) is 0. The molecule has 0 aliphatic carbocycles. The SMILES string of the molecule is CCC[C@H](C(=O)OC)N1C[C@H](C)C[C@H](C)C1. The average Bonchev–Trinajstić information content (AvgIpc) is 2.23. The van der Waals surface area contributed by atoms with E-state index in [-0.39, 0.29) is 12.0 Å². The van der Waals surface area contributed by atoms with E-state index in [9.17, 15) is 4.79 Å². The van der Waals surface area contributed by atoms with Crippen LogP contribution in [0.4, 0.5) is 0 Å². The molecular formula is C13H25NO2. The second kappa shape index (κ2) is 6.24. The van der Waals surface area contributed by atoms with Gasteiger partial charge in [0, 0.05) is 13.1 Å². The van der Waals surface area contributed by atoms with Gasteiger partial charge < -0.3 is 4.74 Å². The minimum absolute atomic E-state index is 0.0276. The fourth-order valence-electron chi connectivity index (χ4n) is 2.82. The molecule has 0 aromatic heterocycles. The topological polar surface area (TPSA) is 29.5 Å². The van der Waals surface area contributed by atoms with Gasteiger partial charge in [-0.2, -0.15) is 0 Å². The highest BCUT2D eigenvalue weighted by Gasteiger charge is 2.31. The van der Waals surface area contributed by atoms with Gasteiger partial charge in [-0.25, -0.2) is 0 Å². The van der Waals surface area contributed by atoms with Crippen molar-refractivity contribution >= 4 is 5.97 Å². The molecule has 0 N–H and O–H groups in total. The predicted molar refractivity (Wildman–Crippen MR) is 65.2 cm³/mol. The first-order valence-corrected chi connectivity index (χ1v) is 6.40. The van der Waals surface area contributed by atoms with Crippen molar-refractivity contribution in [1.82, 2.24) is 4.90 Å². The first kappa shape index (κ1) is 13.5. The third kappa shape index (κ3) is 3.48. The molecule has 0 unspecified atom stereocenters. The summed E-state index contributed by atoms with van der Waals surface area (Å²) in [6, 6.07) is -0.0276. The average molecular weight is 227 g/mol. The van der Waals surface area contributed by atoms with Crippen LogP contribution in [0.3, 0.4) is 0 Å². The van der Waals surface area contributed by atoms with Crippen LogP contribution in [0.2, 0.25) is 0 Å². The maximum atomic E-state index is 11.8. The molecule has 16 heavy (non-hydrogen) atoms. The zero-order chi connectivity index (χ0) is 12.1. The van der Waals surface area contributed by atoms with Gasteiger partial charge in [0.05, 0.1) is 7.11 Å². The van der Waals surface area contributed by atoms with E-state index < -0.39 is 0 Å². The number of carbonyl (C=O) groups excluding carboxylic acids is 1. The fraction of sp³-hybridized carbons (Fsp3) is 0.923. The fourth-order valence-corrected chi connectivity index (χ4v) is 2.82. The molecule has 1 aliphatic heterocycles. The summed E-state index contributed by atoms with van der Waals surface area (Å²) in [5.41, 5.74) is 0. The minimum Gasteiger partial charge on any atom is -0.468 e. The number of methoxy groups -OCH3 is 1. The van der Waals surface area contributed by atoms with Gasteiger partial charge in [-0.1, -0.05) is 27.2 Å². The number of esters is 1. The van der Waals surface area contributed by atoms with Crippen LogP contribution < -0.4 is 0 Å². The van der Waals surface area contributed by atoms with Crippen molar-refractivity contribution < 1.29 is 9.53 Å². The number of nitrogens with zero attached hydrogens (tertiary/aromatic N) is 1. The first-order valence-electron chi connectivity index (χ1n) is 6.40. The number of likely N-dealkylation sites (tertiary alicyclic amines) is 1. The van der Waals surface area contributed by atoms with Crippen LogP contribution in [0.25, 0.3) is 0 Å². The van der Waals surface area contributed by atoms with Gasteiger partial charge in [-0.15, -0.1) is 0 Å². The molecule has 0 amide bonds. The monoisotopic (exact) mass is 227 g/mol. The normalized spacial score (nSPS) is 28.8. The molecule has 1 aliphatic rings. The summed E-state index contributed by atoms with van der Waals surface area (Å²) < 4.78 is 4.91. The van der Waals surface area contributed by atoms with Gasteiger partial charge in [-0.3, -0.25) is 9.69 Å². The molecule has 0 spiro atoms. The lowest BCUT2D eigenvalue weighted by molar-refractivity contribution is -0.148. The molecule has 0 aromatic rings. The number of piperidine rings is 1. The largest absolute Gasteiger partial charge is 0.468 e. The Balaban J connectivity index is 2.65. The van der Waals surface area contributed by atoms with Crippen LogP contribution in [0.15, 0.2) is 0 Å². The number of ether oxygens (including phenoxy) is 1. The van der Waals surface area contributed by atoms with Gasteiger partial charge >= 0.3 is 5.97 Å². The number of rotatable bonds is 4. The van der Waals surface area contributed by atoms with Crippen molar-refractivity contribution in [3.63, 3.8) is 0 Å². The van der Waals surface area contributed by atoms with Crippen LogP contribution in [0, 0.1) is 11.8 Å². The zero-order valence-corrected chi connectivity index (χ0v) is 11.0. The van der Waals surface area contributed by atoms with Crippen LogP contribution in [-0.2, 0) is 9.53 Å². The molecule has 3 nitrogen and oxygen atoms in total. The Labute approximate surface area is 99.1 Å². The van der Waals surface area contributed by atoms with Crippen molar-refractivity contribution in [2.24, 2.45) is 11.8 Å². The van der Waals surface area contributed by atoms with Crippen LogP contribution in [0.5, 0.6) is 0 Å². The molecule has 0 radical (unpaired) electrons. The van der Waals surface area contributed by atoms with Crippen molar-refractivity contribution in [2.45, 2.75) is 46.1 Å². The third-order valence-corrected chi connectivity index (χ3v) is 3.37. The van der Waals surface area contributed by atoms with Gasteiger partial charge in [0.2, 0.25) is 0 Å². The van der Waals surface area contributed by atoms with Gasteiger partial charge in [0.15, 0.2) is 0 Å². The van der Waals surface area contributed by atoms with Crippen molar-refractivity contribution in [3.05, 3.63) is 0 Å². The van der Waals surface area contributed by atoms with Gasteiger partial charge in [0.1, 0.15) is 6.04 Å². The Morgan fingerprint density at radius 1 is 1.38 bits per heavy atom. The van der Waals surface area contributed by atoms with Gasteiger partial charge in [-0.05, 0) is 24.7 Å². The van der Waals surface area contributed by atoms with E-state index >= 15 is 0 Å². The molecule has 1 saturated heterocycles. The molecule has 0 saturated carbocycles. The van der Waals surface area contributed by atoms with Crippen molar-refractivity contribution in [1.29, 1.82) is 0 Å². The zero-order valence-electron chi connectivity index (χ0n) is 11.0. The minimum atomic E-state index is -0.0665. The summed E-state index contributed by atoms with van der Waals surface area (Å²) in [6.07, 6.45) is 3.21. The van der Waals surface area contributed by atoms with E-state index in [2.05, 4.69) is 25.7 Å².